The van der Waals surface area contributed by atoms with E-state index in [-0.39, 0.29) is 0 Å². The van der Waals surface area contributed by atoms with Crippen molar-refractivity contribution in [2.24, 2.45) is 4.99 Å². The lowest BCUT2D eigenvalue weighted by molar-refractivity contribution is 0.969. The van der Waals surface area contributed by atoms with Gasteiger partial charge in [0.1, 0.15) is 5.82 Å². The molecule has 0 atom stereocenters. The van der Waals surface area contributed by atoms with Gasteiger partial charge in [-0.25, -0.2) is 4.98 Å². The lowest BCUT2D eigenvalue weighted by atomic mass is 10.0. The van der Waals surface area contributed by atoms with Crippen molar-refractivity contribution in [3.05, 3.63) is 47.7 Å². The average Bonchev–Trinajstić information content (AvgIpc) is 2.91. The van der Waals surface area contributed by atoms with Crippen LogP contribution in [0, 0.1) is 0 Å². The highest BCUT2D eigenvalue weighted by molar-refractivity contribution is 6.08. The fourth-order valence-corrected chi connectivity index (χ4v) is 2.37. The molecule has 0 amide bonds. The van der Waals surface area contributed by atoms with Gasteiger partial charge in [-0.05, 0) is 30.2 Å². The minimum absolute atomic E-state index is 0.746. The molecule has 1 aromatic carbocycles. The van der Waals surface area contributed by atoms with Crippen molar-refractivity contribution in [2.45, 2.75) is 19.8 Å². The van der Waals surface area contributed by atoms with Crippen LogP contribution in [-0.2, 0) is 6.42 Å². The van der Waals surface area contributed by atoms with Crippen molar-refractivity contribution in [2.75, 3.05) is 17.6 Å². The molecule has 1 aliphatic heterocycles. The highest BCUT2D eigenvalue weighted by Crippen LogP contribution is 2.34. The lowest BCUT2D eigenvalue weighted by Gasteiger charge is -2.06. The Hall–Kier alpha value is -2.36. The Labute approximate surface area is 118 Å². The van der Waals surface area contributed by atoms with Gasteiger partial charge in [0, 0.05) is 24.7 Å². The van der Waals surface area contributed by atoms with Gasteiger partial charge in [-0.3, -0.25) is 4.99 Å². The monoisotopic (exact) mass is 266 g/mol. The summed E-state index contributed by atoms with van der Waals surface area (Å²) in [6, 6.07) is 10.0. The maximum atomic E-state index is 5.98. The fourth-order valence-electron chi connectivity index (χ4n) is 2.37. The number of para-hydroxylation sites is 1. The Balaban J connectivity index is 1.88. The molecule has 0 saturated heterocycles. The van der Waals surface area contributed by atoms with Crippen molar-refractivity contribution in [1.29, 1.82) is 0 Å². The largest absolute Gasteiger partial charge is 0.397 e. The summed E-state index contributed by atoms with van der Waals surface area (Å²) in [7, 11) is 0. The molecular formula is C16H18N4. The Morgan fingerprint density at radius 2 is 2.20 bits per heavy atom. The van der Waals surface area contributed by atoms with Crippen molar-refractivity contribution in [3.63, 3.8) is 0 Å². The van der Waals surface area contributed by atoms with Crippen molar-refractivity contribution in [3.8, 4) is 0 Å². The van der Waals surface area contributed by atoms with Crippen molar-refractivity contribution < 1.29 is 0 Å². The summed E-state index contributed by atoms with van der Waals surface area (Å²) < 4.78 is 0. The molecule has 0 saturated carbocycles. The Kier molecular flexibility index (Phi) is 3.37. The van der Waals surface area contributed by atoms with Crippen LogP contribution in [0.4, 0.5) is 17.2 Å². The van der Waals surface area contributed by atoms with Crippen LogP contribution < -0.4 is 11.1 Å². The van der Waals surface area contributed by atoms with Gasteiger partial charge in [-0.15, -0.1) is 0 Å². The molecule has 1 aromatic heterocycles. The van der Waals surface area contributed by atoms with Gasteiger partial charge in [0.25, 0.3) is 0 Å². The summed E-state index contributed by atoms with van der Waals surface area (Å²) in [5.74, 6) is 0.899. The van der Waals surface area contributed by atoms with Crippen LogP contribution in [0.2, 0.25) is 0 Å². The van der Waals surface area contributed by atoms with E-state index in [4.69, 9.17) is 5.73 Å². The number of aromatic nitrogens is 1. The number of nitrogens with zero attached hydrogens (tertiary/aromatic N) is 2. The number of hydrogen-bond acceptors (Lipinski definition) is 4. The standard InChI is InChI=1S/C16H18N4/c1-2-7-18-15-10-11(6-8-19-15)14-9-12-4-3-5-13(17)16(12)20-14/h3-6,8,10H,2,7,9,17H2,1H3,(H,18,19). The zero-order valence-corrected chi connectivity index (χ0v) is 11.6. The normalized spacial score (nSPS) is 12.9. The summed E-state index contributed by atoms with van der Waals surface area (Å²) >= 11 is 0. The van der Waals surface area contributed by atoms with E-state index in [9.17, 15) is 0 Å². The van der Waals surface area contributed by atoms with E-state index in [0.717, 1.165) is 47.9 Å². The molecule has 3 N–H and O–H groups in total. The van der Waals surface area contributed by atoms with E-state index in [1.54, 1.807) is 0 Å². The molecule has 2 heterocycles. The third kappa shape index (κ3) is 2.37. The van der Waals surface area contributed by atoms with E-state index in [1.165, 1.54) is 5.56 Å². The number of benzene rings is 1. The van der Waals surface area contributed by atoms with Crippen molar-refractivity contribution >= 4 is 22.9 Å². The van der Waals surface area contributed by atoms with Gasteiger partial charge in [0.05, 0.1) is 17.1 Å². The number of hydrogen-bond donors (Lipinski definition) is 2. The second-order valence-electron chi connectivity index (χ2n) is 4.95. The predicted molar refractivity (Wildman–Crippen MR) is 83.8 cm³/mol. The van der Waals surface area contributed by atoms with Crippen LogP contribution in [0.3, 0.4) is 0 Å². The zero-order chi connectivity index (χ0) is 13.9. The molecule has 0 radical (unpaired) electrons. The molecule has 0 bridgehead atoms. The van der Waals surface area contributed by atoms with E-state index in [2.05, 4.69) is 34.3 Å². The summed E-state index contributed by atoms with van der Waals surface area (Å²) in [5.41, 5.74) is 11.0. The SMILES string of the molecule is CCCNc1cc(C2=Nc3c(N)cccc3C2)ccn1. The van der Waals surface area contributed by atoms with E-state index >= 15 is 0 Å². The van der Waals surface area contributed by atoms with Gasteiger partial charge in [0.2, 0.25) is 0 Å². The lowest BCUT2D eigenvalue weighted by Crippen LogP contribution is -2.05. The molecule has 0 aliphatic carbocycles. The summed E-state index contributed by atoms with van der Waals surface area (Å²) in [6.45, 7) is 3.06. The second-order valence-corrected chi connectivity index (χ2v) is 4.95. The van der Waals surface area contributed by atoms with Crippen LogP contribution in [0.5, 0.6) is 0 Å². The maximum Gasteiger partial charge on any atom is 0.126 e. The quantitative estimate of drug-likeness (QED) is 0.835. The summed E-state index contributed by atoms with van der Waals surface area (Å²) in [4.78, 5) is 9.00. The zero-order valence-electron chi connectivity index (χ0n) is 11.6. The third-order valence-corrected chi connectivity index (χ3v) is 3.40. The average molecular weight is 266 g/mol. The van der Waals surface area contributed by atoms with Gasteiger partial charge < -0.3 is 11.1 Å². The fraction of sp³-hybridized carbons (Fsp3) is 0.250. The van der Waals surface area contributed by atoms with Gasteiger partial charge in [-0.2, -0.15) is 0 Å². The molecule has 2 aromatic rings. The number of pyridine rings is 1. The number of aliphatic imine (C=N–C) groups is 1. The van der Waals surface area contributed by atoms with Gasteiger partial charge >= 0.3 is 0 Å². The molecule has 20 heavy (non-hydrogen) atoms. The summed E-state index contributed by atoms with van der Waals surface area (Å²) in [5, 5.41) is 3.30. The van der Waals surface area contributed by atoms with E-state index in [0.29, 0.717) is 0 Å². The molecule has 1 aliphatic rings. The number of anilines is 2. The first kappa shape index (κ1) is 12.7. The van der Waals surface area contributed by atoms with Crippen LogP contribution in [0.1, 0.15) is 24.5 Å². The molecule has 0 fully saturated rings. The van der Waals surface area contributed by atoms with Crippen LogP contribution in [-0.4, -0.2) is 17.2 Å². The predicted octanol–water partition coefficient (Wildman–Crippen LogP) is 3.16. The minimum Gasteiger partial charge on any atom is -0.397 e. The third-order valence-electron chi connectivity index (χ3n) is 3.40. The highest BCUT2D eigenvalue weighted by atomic mass is 15.0. The number of nitrogen functional groups attached to an aromatic ring is 1. The number of nitrogens with two attached hydrogens (primary N) is 1. The molecule has 4 nitrogen and oxygen atoms in total. The van der Waals surface area contributed by atoms with Crippen molar-refractivity contribution in [1.82, 2.24) is 4.98 Å². The second kappa shape index (κ2) is 5.33. The first-order valence-corrected chi connectivity index (χ1v) is 6.93. The molecular weight excluding hydrogens is 248 g/mol. The highest BCUT2D eigenvalue weighted by Gasteiger charge is 2.18. The Bertz CT molecular complexity index is 661. The number of nitrogens with one attached hydrogen (secondary N) is 1. The minimum atomic E-state index is 0.746. The van der Waals surface area contributed by atoms with E-state index in [1.807, 2.05) is 24.4 Å². The Morgan fingerprint density at radius 1 is 1.30 bits per heavy atom. The topological polar surface area (TPSA) is 63.3 Å². The molecule has 3 rings (SSSR count). The van der Waals surface area contributed by atoms with Gasteiger partial charge in [-0.1, -0.05) is 19.1 Å². The molecule has 0 unspecified atom stereocenters. The number of fused-ring (bicyclic) bond motifs is 1. The first-order chi connectivity index (χ1) is 9.78. The van der Waals surface area contributed by atoms with Crippen LogP contribution in [0.15, 0.2) is 41.5 Å². The maximum absolute atomic E-state index is 5.98. The molecule has 0 spiro atoms. The number of rotatable bonds is 4. The smallest absolute Gasteiger partial charge is 0.126 e. The van der Waals surface area contributed by atoms with Crippen LogP contribution in [0.25, 0.3) is 0 Å². The first-order valence-electron chi connectivity index (χ1n) is 6.93. The molecule has 102 valence electrons. The Morgan fingerprint density at radius 3 is 3.00 bits per heavy atom. The molecule has 4 heteroatoms. The van der Waals surface area contributed by atoms with Crippen LogP contribution >= 0.6 is 0 Å². The summed E-state index contributed by atoms with van der Waals surface area (Å²) in [6.07, 6.45) is 3.73. The van der Waals surface area contributed by atoms with E-state index < -0.39 is 0 Å². The van der Waals surface area contributed by atoms with Gasteiger partial charge in [0.15, 0.2) is 0 Å².